The number of rotatable bonds is 2. The van der Waals surface area contributed by atoms with Gasteiger partial charge in [0.1, 0.15) is 17.2 Å². The molecule has 2 aromatic heterocycles. The third-order valence-corrected chi connectivity index (χ3v) is 3.05. The topological polar surface area (TPSA) is 46.5 Å². The molecule has 3 rings (SSSR count). The molecule has 1 aromatic carbocycles. The number of halogens is 3. The fourth-order valence-electron chi connectivity index (χ4n) is 1.92. The fourth-order valence-corrected chi connectivity index (χ4v) is 2.14. The Bertz CT molecular complexity index is 834. The summed E-state index contributed by atoms with van der Waals surface area (Å²) in [5, 5.41) is 6.38. The van der Waals surface area contributed by atoms with Gasteiger partial charge in [0.25, 0.3) is 0 Å². The first kappa shape index (κ1) is 13.5. The zero-order chi connectivity index (χ0) is 15.0. The van der Waals surface area contributed by atoms with E-state index in [-0.39, 0.29) is 10.6 Å². The van der Waals surface area contributed by atoms with E-state index < -0.39 is 23.1 Å². The van der Waals surface area contributed by atoms with Crippen molar-refractivity contribution in [3.8, 4) is 17.2 Å². The molecule has 4 nitrogen and oxygen atoms in total. The van der Waals surface area contributed by atoms with Crippen LogP contribution in [0.15, 0.2) is 36.5 Å². The fraction of sp³-hybridized carbons (Fsp3) is 0. The number of hydrogen-bond acceptors (Lipinski definition) is 3. The summed E-state index contributed by atoms with van der Waals surface area (Å²) >= 11 is 5.00. The summed E-state index contributed by atoms with van der Waals surface area (Å²) in [5.41, 5.74) is -0.135. The largest absolute Gasteiger partial charge is 0.261 e. The Morgan fingerprint density at radius 1 is 1.10 bits per heavy atom. The third kappa shape index (κ3) is 2.33. The lowest BCUT2D eigenvalue weighted by atomic mass is 10.2. The normalized spacial score (nSPS) is 10.8. The van der Waals surface area contributed by atoms with Crippen LogP contribution in [-0.2, 0) is 0 Å². The molecule has 3 aromatic rings. The van der Waals surface area contributed by atoms with E-state index in [0.717, 1.165) is 4.57 Å². The lowest BCUT2D eigenvalue weighted by molar-refractivity contribution is 0.534. The quantitative estimate of drug-likeness (QED) is 0.738. The Kier molecular flexibility index (Phi) is 3.30. The van der Waals surface area contributed by atoms with Crippen molar-refractivity contribution in [2.24, 2.45) is 0 Å². The van der Waals surface area contributed by atoms with Crippen molar-refractivity contribution in [1.29, 1.82) is 0 Å². The van der Waals surface area contributed by atoms with Gasteiger partial charge in [0.2, 0.25) is 0 Å². The maximum absolute atomic E-state index is 13.9. The minimum absolute atomic E-state index is 0.0277. The van der Waals surface area contributed by atoms with E-state index in [9.17, 15) is 13.2 Å². The molecule has 0 unspecified atom stereocenters. The highest BCUT2D eigenvalue weighted by molar-refractivity contribution is 7.71. The van der Waals surface area contributed by atoms with Crippen molar-refractivity contribution in [3.05, 3.63) is 58.8 Å². The molecule has 0 atom stereocenters. The summed E-state index contributed by atoms with van der Waals surface area (Å²) in [4.78, 5) is 4.06. The second kappa shape index (κ2) is 5.13. The van der Waals surface area contributed by atoms with Gasteiger partial charge >= 0.3 is 0 Å². The third-order valence-electron chi connectivity index (χ3n) is 2.77. The Balaban J connectivity index is 2.30. The number of nitrogens with zero attached hydrogens (tertiary/aromatic N) is 3. The van der Waals surface area contributed by atoms with Gasteiger partial charge < -0.3 is 0 Å². The summed E-state index contributed by atoms with van der Waals surface area (Å²) in [5.74, 6) is -3.04. The molecule has 21 heavy (non-hydrogen) atoms. The zero-order valence-electron chi connectivity index (χ0n) is 10.3. The predicted octanol–water partition coefficient (Wildman–Crippen LogP) is 3.41. The lowest BCUT2D eigenvalue weighted by Crippen LogP contribution is -2.05. The molecule has 0 spiro atoms. The molecule has 8 heteroatoms. The van der Waals surface area contributed by atoms with Crippen LogP contribution in [-0.4, -0.2) is 19.7 Å². The molecule has 106 valence electrons. The van der Waals surface area contributed by atoms with Crippen LogP contribution in [0.5, 0.6) is 0 Å². The molecule has 0 saturated heterocycles. The van der Waals surface area contributed by atoms with Gasteiger partial charge in [-0.1, -0.05) is 6.07 Å². The van der Waals surface area contributed by atoms with Gasteiger partial charge in [-0.15, -0.1) is 0 Å². The highest BCUT2D eigenvalue weighted by atomic mass is 32.1. The van der Waals surface area contributed by atoms with Crippen LogP contribution in [0.25, 0.3) is 17.2 Å². The Labute approximate surface area is 121 Å². The lowest BCUT2D eigenvalue weighted by Gasteiger charge is -2.09. The highest BCUT2D eigenvalue weighted by Crippen LogP contribution is 2.24. The molecule has 0 radical (unpaired) electrons. The molecule has 0 amide bonds. The van der Waals surface area contributed by atoms with E-state index in [2.05, 4.69) is 15.2 Å². The minimum Gasteiger partial charge on any atom is -0.261 e. The number of H-pyrrole nitrogens is 1. The number of nitrogens with one attached hydrogen (secondary N) is 1. The molecular formula is C13H7F3N4S. The number of benzene rings is 1. The standard InChI is InChI=1S/C13H7F3N4S/c14-7-5-8(15)11(9(16)6-7)20-12(18-19-13(20)21)10-3-1-2-4-17-10/h1-6H,(H,19,21). The number of aromatic amines is 1. The van der Waals surface area contributed by atoms with E-state index >= 15 is 0 Å². The van der Waals surface area contributed by atoms with Crippen molar-refractivity contribution in [3.63, 3.8) is 0 Å². The SMILES string of the molecule is Fc1cc(F)c(-n2c(-c3ccccn3)n[nH]c2=S)c(F)c1. The Hall–Kier alpha value is -2.48. The molecule has 0 bridgehead atoms. The van der Waals surface area contributed by atoms with Gasteiger partial charge in [-0.25, -0.2) is 13.2 Å². The van der Waals surface area contributed by atoms with Crippen LogP contribution < -0.4 is 0 Å². The molecule has 0 saturated carbocycles. The molecule has 0 fully saturated rings. The maximum Gasteiger partial charge on any atom is 0.200 e. The van der Waals surface area contributed by atoms with E-state index in [4.69, 9.17) is 12.2 Å². The van der Waals surface area contributed by atoms with Crippen molar-refractivity contribution < 1.29 is 13.2 Å². The molecular weight excluding hydrogens is 301 g/mol. The average Bonchev–Trinajstić information content (AvgIpc) is 2.81. The van der Waals surface area contributed by atoms with Gasteiger partial charge in [0.05, 0.1) is 0 Å². The van der Waals surface area contributed by atoms with Crippen LogP contribution in [0.2, 0.25) is 0 Å². The summed E-state index contributed by atoms with van der Waals surface area (Å²) in [7, 11) is 0. The van der Waals surface area contributed by atoms with Crippen molar-refractivity contribution in [2.45, 2.75) is 0 Å². The van der Waals surface area contributed by atoms with E-state index in [1.807, 2.05) is 0 Å². The van der Waals surface area contributed by atoms with E-state index in [1.54, 1.807) is 18.2 Å². The first-order valence-electron chi connectivity index (χ1n) is 5.81. The smallest absolute Gasteiger partial charge is 0.200 e. The van der Waals surface area contributed by atoms with Crippen LogP contribution in [0.4, 0.5) is 13.2 Å². The number of pyridine rings is 1. The molecule has 0 aliphatic carbocycles. The maximum atomic E-state index is 13.9. The summed E-state index contributed by atoms with van der Waals surface area (Å²) in [6, 6.07) is 6.15. The average molecular weight is 308 g/mol. The second-order valence-corrected chi connectivity index (χ2v) is 4.51. The highest BCUT2D eigenvalue weighted by Gasteiger charge is 2.19. The number of hydrogen-bond donors (Lipinski definition) is 1. The van der Waals surface area contributed by atoms with Crippen LogP contribution >= 0.6 is 12.2 Å². The zero-order valence-corrected chi connectivity index (χ0v) is 11.2. The summed E-state index contributed by atoms with van der Waals surface area (Å²) < 4.78 is 41.9. The van der Waals surface area contributed by atoms with Crippen molar-refractivity contribution in [2.75, 3.05) is 0 Å². The van der Waals surface area contributed by atoms with E-state index in [1.165, 1.54) is 6.20 Å². The van der Waals surface area contributed by atoms with Gasteiger partial charge in [0.15, 0.2) is 22.2 Å². The molecule has 2 heterocycles. The van der Waals surface area contributed by atoms with Gasteiger partial charge in [-0.2, -0.15) is 5.10 Å². The summed E-state index contributed by atoms with van der Waals surface area (Å²) in [6.07, 6.45) is 1.51. The van der Waals surface area contributed by atoms with Gasteiger partial charge in [0, 0.05) is 18.3 Å². The van der Waals surface area contributed by atoms with Crippen molar-refractivity contribution in [1.82, 2.24) is 19.7 Å². The molecule has 0 aliphatic heterocycles. The first-order chi connectivity index (χ1) is 10.1. The van der Waals surface area contributed by atoms with Crippen LogP contribution in [0.1, 0.15) is 0 Å². The Morgan fingerprint density at radius 2 is 1.81 bits per heavy atom. The molecule has 1 N–H and O–H groups in total. The minimum atomic E-state index is -1.08. The van der Waals surface area contributed by atoms with Gasteiger partial charge in [-0.05, 0) is 24.4 Å². The second-order valence-electron chi connectivity index (χ2n) is 4.12. The molecule has 0 aliphatic rings. The number of aromatic nitrogens is 4. The Morgan fingerprint density at radius 3 is 2.43 bits per heavy atom. The van der Waals surface area contributed by atoms with Crippen LogP contribution in [0, 0.1) is 22.2 Å². The van der Waals surface area contributed by atoms with E-state index in [0.29, 0.717) is 17.8 Å². The monoisotopic (exact) mass is 308 g/mol. The summed E-state index contributed by atoms with van der Waals surface area (Å²) in [6.45, 7) is 0. The van der Waals surface area contributed by atoms with Crippen LogP contribution in [0.3, 0.4) is 0 Å². The predicted molar refractivity (Wildman–Crippen MR) is 71.9 cm³/mol. The van der Waals surface area contributed by atoms with Crippen molar-refractivity contribution >= 4 is 12.2 Å². The first-order valence-corrected chi connectivity index (χ1v) is 6.22. The van der Waals surface area contributed by atoms with Gasteiger partial charge in [-0.3, -0.25) is 14.6 Å².